The number of nitrogens with zero attached hydrogens (tertiary/aromatic N) is 2. The van der Waals surface area contributed by atoms with Crippen LogP contribution in [0.15, 0.2) is 23.6 Å². The van der Waals surface area contributed by atoms with Crippen LogP contribution in [-0.4, -0.2) is 4.98 Å². The van der Waals surface area contributed by atoms with Crippen LogP contribution in [0.2, 0.25) is 0 Å². The summed E-state index contributed by atoms with van der Waals surface area (Å²) in [6.07, 6.45) is -4.63. The van der Waals surface area contributed by atoms with Crippen LogP contribution in [0.25, 0.3) is 10.6 Å². The van der Waals surface area contributed by atoms with E-state index in [1.54, 1.807) is 0 Å². The predicted octanol–water partition coefficient (Wildman–Crippen LogP) is 4.03. The van der Waals surface area contributed by atoms with Crippen molar-refractivity contribution >= 4 is 11.3 Å². The van der Waals surface area contributed by atoms with Gasteiger partial charge in [-0.05, 0) is 18.2 Å². The van der Waals surface area contributed by atoms with Crippen LogP contribution in [0.5, 0.6) is 0 Å². The van der Waals surface area contributed by atoms with Gasteiger partial charge in [-0.2, -0.15) is 18.4 Å². The third kappa shape index (κ3) is 2.90. The Hall–Kier alpha value is -1.94. The van der Waals surface area contributed by atoms with Gasteiger partial charge in [0.05, 0.1) is 23.7 Å². The van der Waals surface area contributed by atoms with E-state index in [0.29, 0.717) is 11.8 Å². The fourth-order valence-corrected chi connectivity index (χ4v) is 2.39. The molecule has 2 nitrogen and oxygen atoms in total. The molecule has 0 unspecified atom stereocenters. The molecule has 0 atom stereocenters. The molecule has 1 aromatic carbocycles. The second-order valence-electron chi connectivity index (χ2n) is 3.67. The number of aromatic nitrogens is 1. The van der Waals surface area contributed by atoms with E-state index in [2.05, 4.69) is 4.98 Å². The Balaban J connectivity index is 2.52. The van der Waals surface area contributed by atoms with E-state index in [1.165, 1.54) is 5.38 Å². The molecule has 0 saturated heterocycles. The van der Waals surface area contributed by atoms with Crippen LogP contribution in [-0.2, 0) is 12.6 Å². The van der Waals surface area contributed by atoms with Gasteiger partial charge in [0.15, 0.2) is 0 Å². The largest absolute Gasteiger partial charge is 0.417 e. The van der Waals surface area contributed by atoms with E-state index in [-0.39, 0.29) is 17.0 Å². The first kappa shape index (κ1) is 13.5. The second kappa shape index (κ2) is 4.97. The summed E-state index contributed by atoms with van der Waals surface area (Å²) in [4.78, 5) is 3.95. The van der Waals surface area contributed by atoms with Crippen LogP contribution < -0.4 is 0 Å². The summed E-state index contributed by atoms with van der Waals surface area (Å²) in [6, 6.07) is 4.31. The van der Waals surface area contributed by atoms with Crippen LogP contribution in [0.3, 0.4) is 0 Å². The van der Waals surface area contributed by atoms with Crippen molar-refractivity contribution in [2.24, 2.45) is 0 Å². The summed E-state index contributed by atoms with van der Waals surface area (Å²) in [6.45, 7) is 0. The zero-order chi connectivity index (χ0) is 14.0. The highest BCUT2D eigenvalue weighted by Gasteiger charge is 2.34. The highest BCUT2D eigenvalue weighted by Crippen LogP contribution is 2.38. The van der Waals surface area contributed by atoms with Gasteiger partial charge in [0, 0.05) is 10.9 Å². The SMILES string of the molecule is N#CCc1csc(-c2ccc(F)cc2C(F)(F)F)n1. The molecule has 0 aliphatic heterocycles. The smallest absolute Gasteiger partial charge is 0.240 e. The topological polar surface area (TPSA) is 36.7 Å². The highest BCUT2D eigenvalue weighted by atomic mass is 32.1. The Morgan fingerprint density at radius 1 is 1.32 bits per heavy atom. The lowest BCUT2D eigenvalue weighted by molar-refractivity contribution is -0.137. The van der Waals surface area contributed by atoms with Gasteiger partial charge >= 0.3 is 6.18 Å². The number of alkyl halides is 3. The first-order valence-corrected chi connectivity index (χ1v) is 5.98. The Kier molecular flexibility index (Phi) is 3.53. The molecule has 0 fully saturated rings. The fraction of sp³-hybridized carbons (Fsp3) is 0.167. The number of thiazole rings is 1. The van der Waals surface area contributed by atoms with Gasteiger partial charge in [0.1, 0.15) is 10.8 Å². The van der Waals surface area contributed by atoms with Gasteiger partial charge in [-0.15, -0.1) is 11.3 Å². The molecule has 0 amide bonds. The van der Waals surface area contributed by atoms with Crippen LogP contribution in [0, 0.1) is 17.1 Å². The average molecular weight is 286 g/mol. The van der Waals surface area contributed by atoms with E-state index in [1.807, 2.05) is 6.07 Å². The summed E-state index contributed by atoms with van der Waals surface area (Å²) < 4.78 is 51.4. The molecule has 0 aliphatic rings. The van der Waals surface area contributed by atoms with E-state index in [0.717, 1.165) is 23.5 Å². The van der Waals surface area contributed by atoms with Gasteiger partial charge in [0.25, 0.3) is 0 Å². The molecule has 0 bridgehead atoms. The fourth-order valence-electron chi connectivity index (χ4n) is 1.53. The number of rotatable bonds is 2. The minimum atomic E-state index is -4.65. The summed E-state index contributed by atoms with van der Waals surface area (Å²) in [7, 11) is 0. The summed E-state index contributed by atoms with van der Waals surface area (Å²) >= 11 is 0.994. The van der Waals surface area contributed by atoms with E-state index in [9.17, 15) is 17.6 Å². The lowest BCUT2D eigenvalue weighted by Crippen LogP contribution is -2.07. The zero-order valence-electron chi connectivity index (χ0n) is 9.33. The molecule has 1 aromatic heterocycles. The molecule has 98 valence electrons. The van der Waals surface area contributed by atoms with E-state index < -0.39 is 17.6 Å². The molecule has 0 saturated carbocycles. The molecular weight excluding hydrogens is 280 g/mol. The number of benzene rings is 1. The standard InChI is InChI=1S/C12H6F4N2S/c13-7-1-2-9(10(5-7)12(14,15)16)11-18-8(3-4-17)6-19-11/h1-2,5-6H,3H2. The summed E-state index contributed by atoms with van der Waals surface area (Å²) in [5.41, 5.74) is -0.839. The monoisotopic (exact) mass is 286 g/mol. The molecule has 19 heavy (non-hydrogen) atoms. The Morgan fingerprint density at radius 2 is 2.05 bits per heavy atom. The highest BCUT2D eigenvalue weighted by molar-refractivity contribution is 7.13. The maximum atomic E-state index is 13.0. The van der Waals surface area contributed by atoms with E-state index in [4.69, 9.17) is 5.26 Å². The molecule has 0 aliphatic carbocycles. The number of nitriles is 1. The molecule has 1 heterocycles. The van der Waals surface area contributed by atoms with Crippen molar-refractivity contribution in [2.75, 3.05) is 0 Å². The first-order valence-electron chi connectivity index (χ1n) is 5.10. The Bertz CT molecular complexity index is 640. The van der Waals surface area contributed by atoms with Gasteiger partial charge < -0.3 is 0 Å². The third-order valence-corrected chi connectivity index (χ3v) is 3.25. The van der Waals surface area contributed by atoms with Gasteiger partial charge in [-0.1, -0.05) is 0 Å². The molecular formula is C12H6F4N2S. The maximum absolute atomic E-state index is 13.0. The molecule has 0 radical (unpaired) electrons. The van der Waals surface area contributed by atoms with Crippen molar-refractivity contribution in [1.29, 1.82) is 5.26 Å². The maximum Gasteiger partial charge on any atom is 0.417 e. The van der Waals surface area contributed by atoms with Crippen LogP contribution in [0.4, 0.5) is 17.6 Å². The van der Waals surface area contributed by atoms with Gasteiger partial charge in [-0.25, -0.2) is 9.37 Å². The molecule has 7 heteroatoms. The molecule has 2 aromatic rings. The van der Waals surface area contributed by atoms with Crippen molar-refractivity contribution in [3.8, 4) is 16.6 Å². The van der Waals surface area contributed by atoms with Crippen molar-refractivity contribution in [3.63, 3.8) is 0 Å². The lowest BCUT2D eigenvalue weighted by atomic mass is 10.1. The van der Waals surface area contributed by atoms with Crippen LogP contribution >= 0.6 is 11.3 Å². The van der Waals surface area contributed by atoms with Crippen molar-refractivity contribution < 1.29 is 17.6 Å². The van der Waals surface area contributed by atoms with Gasteiger partial charge in [-0.3, -0.25) is 0 Å². The minimum absolute atomic E-state index is 0.0268. The Morgan fingerprint density at radius 3 is 2.68 bits per heavy atom. The second-order valence-corrected chi connectivity index (χ2v) is 4.52. The Labute approximate surface area is 109 Å². The quantitative estimate of drug-likeness (QED) is 0.781. The molecule has 0 N–H and O–H groups in total. The van der Waals surface area contributed by atoms with Crippen molar-refractivity contribution in [1.82, 2.24) is 4.98 Å². The molecule has 2 rings (SSSR count). The van der Waals surface area contributed by atoms with Crippen molar-refractivity contribution in [3.05, 3.63) is 40.7 Å². The predicted molar refractivity (Wildman–Crippen MR) is 61.8 cm³/mol. The molecule has 0 spiro atoms. The van der Waals surface area contributed by atoms with Crippen LogP contribution in [0.1, 0.15) is 11.3 Å². The average Bonchev–Trinajstić information content (AvgIpc) is 2.77. The number of hydrogen-bond acceptors (Lipinski definition) is 3. The summed E-state index contributed by atoms with van der Waals surface area (Å²) in [5, 5.41) is 10.1. The lowest BCUT2D eigenvalue weighted by Gasteiger charge is -2.10. The normalized spacial score (nSPS) is 11.3. The number of halogens is 4. The van der Waals surface area contributed by atoms with Gasteiger partial charge in [0.2, 0.25) is 0 Å². The van der Waals surface area contributed by atoms with Crippen molar-refractivity contribution in [2.45, 2.75) is 12.6 Å². The minimum Gasteiger partial charge on any atom is -0.240 e. The van der Waals surface area contributed by atoms with E-state index >= 15 is 0 Å². The number of hydrogen-bond donors (Lipinski definition) is 0. The third-order valence-electron chi connectivity index (χ3n) is 2.33. The summed E-state index contributed by atoms with van der Waals surface area (Å²) in [5.74, 6) is -0.954. The zero-order valence-corrected chi connectivity index (χ0v) is 10.1. The first-order chi connectivity index (χ1) is 8.91.